The molecular weight excluding hydrogens is 276 g/mol. The van der Waals surface area contributed by atoms with Crippen LogP contribution in [0.4, 0.5) is 0 Å². The van der Waals surface area contributed by atoms with Crippen LogP contribution in [0.25, 0.3) is 0 Å². The molecular formula is C14H20N2O3S. The van der Waals surface area contributed by atoms with Crippen molar-refractivity contribution in [1.82, 2.24) is 8.61 Å². The first kappa shape index (κ1) is 15.0. The molecule has 6 heteroatoms. The lowest BCUT2D eigenvalue weighted by atomic mass is 9.95. The minimum Gasteiger partial charge on any atom is -0.272 e. The number of hydrogen-bond donors (Lipinski definition) is 0. The van der Waals surface area contributed by atoms with Gasteiger partial charge in [-0.1, -0.05) is 43.7 Å². The second kappa shape index (κ2) is 5.18. The van der Waals surface area contributed by atoms with Crippen LogP contribution in [0.1, 0.15) is 32.3 Å². The Balaban J connectivity index is 2.37. The van der Waals surface area contributed by atoms with E-state index in [1.165, 1.54) is 11.4 Å². The summed E-state index contributed by atoms with van der Waals surface area (Å²) in [5, 5.41) is 0. The van der Waals surface area contributed by atoms with Crippen LogP contribution in [-0.2, 0) is 21.5 Å². The van der Waals surface area contributed by atoms with Gasteiger partial charge < -0.3 is 0 Å². The Bertz CT molecular complexity index is 600. The van der Waals surface area contributed by atoms with Gasteiger partial charge in [0.1, 0.15) is 5.54 Å². The SMILES string of the molecule is CCCC1(C)C(=O)N(Cc2ccccc2)S(=O)(=O)N1C. The molecule has 0 spiro atoms. The summed E-state index contributed by atoms with van der Waals surface area (Å²) in [7, 11) is -2.25. The van der Waals surface area contributed by atoms with E-state index in [1.807, 2.05) is 37.3 Å². The molecule has 1 aliphatic rings. The summed E-state index contributed by atoms with van der Waals surface area (Å²) in [4.78, 5) is 12.6. The Morgan fingerprint density at radius 3 is 2.35 bits per heavy atom. The van der Waals surface area contributed by atoms with Crippen molar-refractivity contribution in [3.8, 4) is 0 Å². The van der Waals surface area contributed by atoms with Gasteiger partial charge >= 0.3 is 10.2 Å². The van der Waals surface area contributed by atoms with E-state index < -0.39 is 15.7 Å². The number of amides is 1. The van der Waals surface area contributed by atoms with Crippen LogP contribution in [-0.4, -0.2) is 35.5 Å². The number of rotatable bonds is 4. The molecule has 0 bridgehead atoms. The third kappa shape index (κ3) is 2.23. The van der Waals surface area contributed by atoms with Crippen LogP contribution in [0, 0.1) is 0 Å². The number of benzene rings is 1. The third-order valence-electron chi connectivity index (χ3n) is 3.91. The minimum atomic E-state index is -3.73. The molecule has 0 N–H and O–H groups in total. The fourth-order valence-electron chi connectivity index (χ4n) is 2.56. The van der Waals surface area contributed by atoms with Crippen LogP contribution in [0.2, 0.25) is 0 Å². The van der Waals surface area contributed by atoms with E-state index in [2.05, 4.69) is 0 Å². The highest BCUT2D eigenvalue weighted by molar-refractivity contribution is 7.87. The summed E-state index contributed by atoms with van der Waals surface area (Å²) in [5.41, 5.74) is -0.166. The molecule has 1 aromatic carbocycles. The van der Waals surface area contributed by atoms with E-state index in [1.54, 1.807) is 6.92 Å². The van der Waals surface area contributed by atoms with Gasteiger partial charge in [0.05, 0.1) is 6.54 Å². The van der Waals surface area contributed by atoms with Crippen LogP contribution in [0.5, 0.6) is 0 Å². The van der Waals surface area contributed by atoms with Crippen LogP contribution in [0.15, 0.2) is 30.3 Å². The Hall–Kier alpha value is -1.40. The van der Waals surface area contributed by atoms with Crippen molar-refractivity contribution in [1.29, 1.82) is 0 Å². The fraction of sp³-hybridized carbons (Fsp3) is 0.500. The molecule has 5 nitrogen and oxygen atoms in total. The molecule has 1 fully saturated rings. The predicted molar refractivity (Wildman–Crippen MR) is 77.0 cm³/mol. The van der Waals surface area contributed by atoms with E-state index >= 15 is 0 Å². The predicted octanol–water partition coefficient (Wildman–Crippen LogP) is 1.76. The molecule has 0 aromatic heterocycles. The zero-order valence-electron chi connectivity index (χ0n) is 12.0. The summed E-state index contributed by atoms with van der Waals surface area (Å²) >= 11 is 0. The third-order valence-corrected chi connectivity index (χ3v) is 5.86. The van der Waals surface area contributed by atoms with Gasteiger partial charge in [-0.25, -0.2) is 4.31 Å². The second-order valence-electron chi connectivity index (χ2n) is 5.30. The van der Waals surface area contributed by atoms with Gasteiger partial charge in [-0.05, 0) is 18.9 Å². The molecule has 1 heterocycles. The second-order valence-corrected chi connectivity index (χ2v) is 7.18. The largest absolute Gasteiger partial charge is 0.307 e. The zero-order valence-corrected chi connectivity index (χ0v) is 12.9. The maximum absolute atomic E-state index is 12.6. The van der Waals surface area contributed by atoms with Gasteiger partial charge in [0, 0.05) is 7.05 Å². The van der Waals surface area contributed by atoms with Gasteiger partial charge in [-0.15, -0.1) is 0 Å². The van der Waals surface area contributed by atoms with Crippen molar-refractivity contribution in [3.05, 3.63) is 35.9 Å². The molecule has 0 radical (unpaired) electrons. The maximum Gasteiger partial charge on any atom is 0.307 e. The summed E-state index contributed by atoms with van der Waals surface area (Å²) in [6.07, 6.45) is 1.27. The van der Waals surface area contributed by atoms with Gasteiger partial charge in [0.25, 0.3) is 5.91 Å². The number of hydrogen-bond acceptors (Lipinski definition) is 3. The highest BCUT2D eigenvalue weighted by atomic mass is 32.2. The minimum absolute atomic E-state index is 0.0889. The quantitative estimate of drug-likeness (QED) is 0.851. The smallest absolute Gasteiger partial charge is 0.272 e. The van der Waals surface area contributed by atoms with Crippen LogP contribution >= 0.6 is 0 Å². The van der Waals surface area contributed by atoms with Gasteiger partial charge in [-0.3, -0.25) is 4.79 Å². The van der Waals surface area contributed by atoms with E-state index in [4.69, 9.17) is 0 Å². The summed E-state index contributed by atoms with van der Waals surface area (Å²) < 4.78 is 27.0. The molecule has 1 amide bonds. The van der Waals surface area contributed by atoms with E-state index in [9.17, 15) is 13.2 Å². The first-order chi connectivity index (χ1) is 9.34. The Kier molecular flexibility index (Phi) is 3.88. The summed E-state index contributed by atoms with van der Waals surface area (Å²) in [5.74, 6) is -0.342. The number of nitrogens with zero attached hydrogens (tertiary/aromatic N) is 2. The molecule has 0 aliphatic carbocycles. The highest BCUT2D eigenvalue weighted by Crippen LogP contribution is 2.35. The Morgan fingerprint density at radius 1 is 1.20 bits per heavy atom. The normalized spacial score (nSPS) is 26.1. The van der Waals surface area contributed by atoms with Crippen molar-refractivity contribution in [3.63, 3.8) is 0 Å². The monoisotopic (exact) mass is 296 g/mol. The Morgan fingerprint density at radius 2 is 1.80 bits per heavy atom. The highest BCUT2D eigenvalue weighted by Gasteiger charge is 2.55. The lowest BCUT2D eigenvalue weighted by Gasteiger charge is -2.25. The summed E-state index contributed by atoms with van der Waals surface area (Å²) in [6, 6.07) is 9.16. The van der Waals surface area contributed by atoms with E-state index in [-0.39, 0.29) is 12.5 Å². The average Bonchev–Trinajstić information content (AvgIpc) is 2.54. The van der Waals surface area contributed by atoms with Gasteiger partial charge in [-0.2, -0.15) is 12.7 Å². The average molecular weight is 296 g/mol. The number of carbonyl (C=O) groups is 1. The van der Waals surface area contributed by atoms with Crippen molar-refractivity contribution in [2.45, 2.75) is 38.8 Å². The molecule has 0 saturated carbocycles. The molecule has 1 aliphatic heterocycles. The van der Waals surface area contributed by atoms with Crippen LogP contribution < -0.4 is 0 Å². The maximum atomic E-state index is 12.6. The fourth-order valence-corrected chi connectivity index (χ4v) is 4.26. The molecule has 20 heavy (non-hydrogen) atoms. The first-order valence-electron chi connectivity index (χ1n) is 6.69. The van der Waals surface area contributed by atoms with Gasteiger partial charge in [0.2, 0.25) is 0 Å². The molecule has 2 rings (SSSR count). The molecule has 1 atom stereocenters. The summed E-state index contributed by atoms with van der Waals surface area (Å²) in [6.45, 7) is 3.73. The van der Waals surface area contributed by atoms with Crippen molar-refractivity contribution in [2.24, 2.45) is 0 Å². The van der Waals surface area contributed by atoms with Crippen molar-refractivity contribution in [2.75, 3.05) is 7.05 Å². The lowest BCUT2D eigenvalue weighted by Crippen LogP contribution is -2.44. The standard InChI is InChI=1S/C14H20N2O3S/c1-4-10-14(2)13(17)16(20(18,19)15(14)3)11-12-8-6-5-7-9-12/h5-9H,4,10-11H2,1-3H3. The number of likely N-dealkylation sites (N-methyl/N-ethyl adjacent to an activating group) is 1. The van der Waals surface area contributed by atoms with Crippen LogP contribution in [0.3, 0.4) is 0 Å². The van der Waals surface area contributed by atoms with Crippen molar-refractivity contribution < 1.29 is 13.2 Å². The van der Waals surface area contributed by atoms with Crippen molar-refractivity contribution >= 4 is 16.1 Å². The zero-order chi connectivity index (χ0) is 15.0. The number of carbonyl (C=O) groups excluding carboxylic acids is 1. The topological polar surface area (TPSA) is 57.7 Å². The molecule has 110 valence electrons. The van der Waals surface area contributed by atoms with E-state index in [0.29, 0.717) is 6.42 Å². The molecule has 1 aromatic rings. The molecule has 1 saturated heterocycles. The van der Waals surface area contributed by atoms with E-state index in [0.717, 1.165) is 16.3 Å². The lowest BCUT2D eigenvalue weighted by molar-refractivity contribution is -0.132. The first-order valence-corrected chi connectivity index (χ1v) is 8.09. The Labute approximate surface area is 120 Å². The molecule has 1 unspecified atom stereocenters. The van der Waals surface area contributed by atoms with Gasteiger partial charge in [0.15, 0.2) is 0 Å².